The van der Waals surface area contributed by atoms with Gasteiger partial charge in [0.2, 0.25) is 0 Å². The van der Waals surface area contributed by atoms with Gasteiger partial charge < -0.3 is 15.0 Å². The van der Waals surface area contributed by atoms with E-state index in [2.05, 4.69) is 5.32 Å². The number of amides is 1. The van der Waals surface area contributed by atoms with Crippen LogP contribution < -0.4 is 5.32 Å². The summed E-state index contributed by atoms with van der Waals surface area (Å²) in [6.45, 7) is 3.24. The van der Waals surface area contributed by atoms with E-state index in [1.165, 1.54) is 0 Å². The second kappa shape index (κ2) is 4.38. The summed E-state index contributed by atoms with van der Waals surface area (Å²) < 4.78 is 1.68. The van der Waals surface area contributed by atoms with Crippen LogP contribution in [0.15, 0.2) is 18.3 Å². The molecule has 0 unspecified atom stereocenters. The zero-order valence-corrected chi connectivity index (χ0v) is 9.65. The van der Waals surface area contributed by atoms with Crippen molar-refractivity contribution in [1.82, 2.24) is 9.88 Å². The third-order valence-corrected chi connectivity index (χ3v) is 2.45. The number of hydrogen-bond acceptors (Lipinski definition) is 2. The van der Waals surface area contributed by atoms with Crippen LogP contribution in [0, 0.1) is 5.41 Å². The number of carbonyl (C=O) groups is 2. The van der Waals surface area contributed by atoms with Crippen molar-refractivity contribution in [3.63, 3.8) is 0 Å². The topological polar surface area (TPSA) is 71.3 Å². The highest BCUT2D eigenvalue weighted by atomic mass is 16.4. The summed E-state index contributed by atoms with van der Waals surface area (Å²) >= 11 is 0. The predicted molar refractivity (Wildman–Crippen MR) is 59.2 cm³/mol. The molecule has 0 aromatic carbocycles. The summed E-state index contributed by atoms with van der Waals surface area (Å²) in [5.41, 5.74) is -0.443. The maximum atomic E-state index is 11.7. The molecule has 1 amide bonds. The molecule has 0 aliphatic rings. The fourth-order valence-electron chi connectivity index (χ4n) is 1.16. The molecule has 16 heavy (non-hydrogen) atoms. The fraction of sp³-hybridized carbons (Fsp3) is 0.455. The molecule has 1 aromatic rings. The summed E-state index contributed by atoms with van der Waals surface area (Å²) in [5, 5.41) is 11.5. The molecule has 5 nitrogen and oxygen atoms in total. The van der Waals surface area contributed by atoms with Gasteiger partial charge in [-0.15, -0.1) is 0 Å². The quantitative estimate of drug-likeness (QED) is 0.797. The van der Waals surface area contributed by atoms with Crippen LogP contribution >= 0.6 is 0 Å². The van der Waals surface area contributed by atoms with E-state index in [1.807, 2.05) is 0 Å². The van der Waals surface area contributed by atoms with E-state index in [0.717, 1.165) is 0 Å². The molecule has 1 heterocycles. The maximum absolute atomic E-state index is 11.7. The number of aryl methyl sites for hydroxylation is 1. The molecular weight excluding hydrogens is 208 g/mol. The largest absolute Gasteiger partial charge is 0.481 e. The molecule has 1 aromatic heterocycles. The molecular formula is C11H16N2O3. The van der Waals surface area contributed by atoms with Gasteiger partial charge in [0.05, 0.1) is 5.41 Å². The SMILES string of the molecule is Cn1cccc1C(=O)NCC(C)(C)C(=O)O. The third kappa shape index (κ3) is 2.62. The van der Waals surface area contributed by atoms with Gasteiger partial charge in [-0.25, -0.2) is 0 Å². The molecule has 0 atom stereocenters. The Kier molecular flexibility index (Phi) is 3.37. The van der Waals surface area contributed by atoms with Crippen LogP contribution in [0.5, 0.6) is 0 Å². The first-order valence-electron chi connectivity index (χ1n) is 4.97. The van der Waals surface area contributed by atoms with Crippen LogP contribution in [0.2, 0.25) is 0 Å². The zero-order valence-electron chi connectivity index (χ0n) is 9.65. The van der Waals surface area contributed by atoms with Gasteiger partial charge in [-0.05, 0) is 26.0 Å². The zero-order chi connectivity index (χ0) is 12.3. The number of carboxylic acid groups (broad SMARTS) is 1. The average Bonchev–Trinajstić information content (AvgIpc) is 2.61. The Morgan fingerprint density at radius 3 is 2.56 bits per heavy atom. The molecule has 88 valence electrons. The van der Waals surface area contributed by atoms with Gasteiger partial charge >= 0.3 is 5.97 Å². The van der Waals surface area contributed by atoms with Gasteiger partial charge in [0, 0.05) is 19.8 Å². The molecule has 1 rings (SSSR count). The van der Waals surface area contributed by atoms with E-state index in [4.69, 9.17) is 5.11 Å². The summed E-state index contributed by atoms with van der Waals surface area (Å²) in [5.74, 6) is -1.19. The van der Waals surface area contributed by atoms with Crippen molar-refractivity contribution >= 4 is 11.9 Å². The average molecular weight is 224 g/mol. The molecule has 5 heteroatoms. The molecule has 0 spiro atoms. The third-order valence-electron chi connectivity index (χ3n) is 2.45. The summed E-state index contributed by atoms with van der Waals surface area (Å²) in [6.07, 6.45) is 1.76. The lowest BCUT2D eigenvalue weighted by Crippen LogP contribution is -2.39. The number of carboxylic acids is 1. The van der Waals surface area contributed by atoms with Crippen molar-refractivity contribution < 1.29 is 14.7 Å². The lowest BCUT2D eigenvalue weighted by atomic mass is 9.94. The van der Waals surface area contributed by atoms with Crippen LogP contribution in [-0.2, 0) is 11.8 Å². The van der Waals surface area contributed by atoms with Crippen molar-refractivity contribution in [3.05, 3.63) is 24.0 Å². The predicted octanol–water partition coefficient (Wildman–Crippen LogP) is 0.866. The van der Waals surface area contributed by atoms with Crippen molar-refractivity contribution in [2.24, 2.45) is 12.5 Å². The number of aromatic nitrogens is 1. The molecule has 0 aliphatic carbocycles. The van der Waals surface area contributed by atoms with E-state index in [-0.39, 0.29) is 12.5 Å². The highest BCUT2D eigenvalue weighted by Crippen LogP contribution is 2.13. The molecule has 0 radical (unpaired) electrons. The molecule has 0 saturated carbocycles. The molecule has 2 N–H and O–H groups in total. The van der Waals surface area contributed by atoms with Gasteiger partial charge in [-0.2, -0.15) is 0 Å². The van der Waals surface area contributed by atoms with Crippen molar-refractivity contribution in [2.75, 3.05) is 6.54 Å². The lowest BCUT2D eigenvalue weighted by molar-refractivity contribution is -0.146. The Bertz CT molecular complexity index is 407. The van der Waals surface area contributed by atoms with E-state index >= 15 is 0 Å². The van der Waals surface area contributed by atoms with Crippen LogP contribution in [-0.4, -0.2) is 28.1 Å². The molecule has 0 aliphatic heterocycles. The van der Waals surface area contributed by atoms with E-state index in [0.29, 0.717) is 5.69 Å². The Balaban J connectivity index is 2.61. The Hall–Kier alpha value is -1.78. The van der Waals surface area contributed by atoms with Gasteiger partial charge in [-0.3, -0.25) is 9.59 Å². The van der Waals surface area contributed by atoms with Crippen molar-refractivity contribution in [3.8, 4) is 0 Å². The Morgan fingerprint density at radius 1 is 1.50 bits per heavy atom. The highest BCUT2D eigenvalue weighted by Gasteiger charge is 2.27. The second-order valence-corrected chi connectivity index (χ2v) is 4.38. The van der Waals surface area contributed by atoms with Gasteiger partial charge in [0.15, 0.2) is 0 Å². The first kappa shape index (κ1) is 12.3. The Labute approximate surface area is 94.1 Å². The number of rotatable bonds is 4. The van der Waals surface area contributed by atoms with E-state index in [9.17, 15) is 9.59 Å². The van der Waals surface area contributed by atoms with Crippen LogP contribution in [0.3, 0.4) is 0 Å². The minimum Gasteiger partial charge on any atom is -0.481 e. The summed E-state index contributed by atoms with van der Waals surface area (Å²) in [4.78, 5) is 22.5. The van der Waals surface area contributed by atoms with Crippen molar-refractivity contribution in [2.45, 2.75) is 13.8 Å². The number of nitrogens with one attached hydrogen (secondary N) is 1. The monoisotopic (exact) mass is 224 g/mol. The second-order valence-electron chi connectivity index (χ2n) is 4.38. The smallest absolute Gasteiger partial charge is 0.310 e. The Morgan fingerprint density at radius 2 is 2.12 bits per heavy atom. The normalized spacial score (nSPS) is 11.2. The van der Waals surface area contributed by atoms with Gasteiger partial charge in [-0.1, -0.05) is 0 Å². The number of nitrogens with zero attached hydrogens (tertiary/aromatic N) is 1. The summed E-state index contributed by atoms with van der Waals surface area (Å²) in [7, 11) is 1.76. The van der Waals surface area contributed by atoms with Crippen LogP contribution in [0.4, 0.5) is 0 Å². The fourth-order valence-corrected chi connectivity index (χ4v) is 1.16. The summed E-state index contributed by atoms with van der Waals surface area (Å²) in [6, 6.07) is 3.44. The first-order valence-corrected chi connectivity index (χ1v) is 4.97. The molecule has 0 bridgehead atoms. The van der Waals surface area contributed by atoms with Gasteiger partial charge in [0.1, 0.15) is 5.69 Å². The standard InChI is InChI=1S/C11H16N2O3/c1-11(2,10(15)16)7-12-9(14)8-5-4-6-13(8)3/h4-6H,7H2,1-3H3,(H,12,14)(H,15,16). The molecule has 0 fully saturated rings. The van der Waals surface area contributed by atoms with Crippen LogP contribution in [0.1, 0.15) is 24.3 Å². The maximum Gasteiger partial charge on any atom is 0.310 e. The van der Waals surface area contributed by atoms with Crippen molar-refractivity contribution in [1.29, 1.82) is 0 Å². The minimum atomic E-state index is -0.958. The number of aliphatic carboxylic acids is 1. The van der Waals surface area contributed by atoms with E-state index < -0.39 is 11.4 Å². The first-order chi connectivity index (χ1) is 7.34. The minimum absolute atomic E-state index is 0.104. The van der Waals surface area contributed by atoms with Crippen LogP contribution in [0.25, 0.3) is 0 Å². The lowest BCUT2D eigenvalue weighted by Gasteiger charge is -2.19. The molecule has 0 saturated heterocycles. The highest BCUT2D eigenvalue weighted by molar-refractivity contribution is 5.93. The van der Waals surface area contributed by atoms with Gasteiger partial charge in [0.25, 0.3) is 5.91 Å². The van der Waals surface area contributed by atoms with E-state index in [1.54, 1.807) is 43.8 Å². The number of hydrogen-bond donors (Lipinski definition) is 2. The number of carbonyl (C=O) groups excluding carboxylic acids is 1.